The van der Waals surface area contributed by atoms with Crippen LogP contribution in [0.3, 0.4) is 0 Å². The number of hydrogen-bond acceptors (Lipinski definition) is 36. The summed E-state index contributed by atoms with van der Waals surface area (Å²) in [5, 5.41) is 225. The Bertz CT molecular complexity index is 2190. The van der Waals surface area contributed by atoms with Crippen LogP contribution in [0.1, 0.15) is 20.8 Å². The van der Waals surface area contributed by atoms with Gasteiger partial charge in [0.15, 0.2) is 44.0 Å². The summed E-state index contributed by atoms with van der Waals surface area (Å²) in [6.07, 6.45) is -63.7. The molecule has 7 heterocycles. The summed E-state index contributed by atoms with van der Waals surface area (Å²) < 4.78 is 75.4. The molecular formula is C48H81N3O36. The lowest BCUT2D eigenvalue weighted by atomic mass is 9.94. The topological polar surface area (TPSA) is 612 Å². The third-order valence-electron chi connectivity index (χ3n) is 15.7. The van der Waals surface area contributed by atoms with Gasteiger partial charge >= 0.3 is 0 Å². The van der Waals surface area contributed by atoms with Crippen LogP contribution in [0, 0.1) is 0 Å². The van der Waals surface area contributed by atoms with Crippen LogP contribution in [0.25, 0.3) is 0 Å². The van der Waals surface area contributed by atoms with Gasteiger partial charge in [0.2, 0.25) is 17.7 Å². The maximum atomic E-state index is 12.8. The largest absolute Gasteiger partial charge is 0.394 e. The molecule has 39 heteroatoms. The molecule has 39 nitrogen and oxygen atoms in total. The van der Waals surface area contributed by atoms with E-state index in [1.165, 1.54) is 0 Å². The standard InChI is InChI=1S/C48H81N3O36/c1-11(58)49-21-30(67)37(18(8-56)76-42(21)74)83-44-23(51-13(3)60)31(68)38(19(9-57)81-44)84-47-36(73)40(86-48-41(33(70)26(63)16(6-54)80-48)87-43-22(50-12(2)59)29(66)24(61)14(4-52)77-43)28(65)20(82-47)10-75-45-35(72)39(27(64)17(7-55)78-45)85-46-34(71)32(69)25(62)15(5-53)79-46/h14-48,52-57,61-74H,4-10H2,1-3H3,(H,49,58)(H,50,59)(H,51,60)/t14-,15-,16-,17-,18-,19-,20-,21-,22-,23-,24-,25-,26-,27-,28-,29-,30-,31-,32+,33+,34+,35+,36+,37-,38-,39+,40+,41+,42-,43+,44+,45+,46-,47+,48-/m1/s1. The fourth-order valence-electron chi connectivity index (χ4n) is 11.1. The Hall–Kier alpha value is -2.91. The summed E-state index contributed by atoms with van der Waals surface area (Å²) in [6.45, 7) is -4.07. The van der Waals surface area contributed by atoms with Crippen molar-refractivity contribution in [1.29, 1.82) is 0 Å². The fraction of sp³-hybridized carbons (Fsp3) is 0.938. The van der Waals surface area contributed by atoms with Crippen molar-refractivity contribution in [1.82, 2.24) is 16.0 Å². The van der Waals surface area contributed by atoms with E-state index in [4.69, 9.17) is 61.6 Å². The van der Waals surface area contributed by atoms with Gasteiger partial charge in [-0.1, -0.05) is 0 Å². The highest BCUT2D eigenvalue weighted by Crippen LogP contribution is 2.38. The van der Waals surface area contributed by atoms with E-state index in [0.29, 0.717) is 0 Å². The van der Waals surface area contributed by atoms with Crippen LogP contribution in [-0.2, 0) is 76.0 Å². The summed E-state index contributed by atoms with van der Waals surface area (Å²) >= 11 is 0. The number of nitrogens with one attached hydrogen (secondary N) is 3. The fourth-order valence-corrected chi connectivity index (χ4v) is 11.1. The van der Waals surface area contributed by atoms with Crippen molar-refractivity contribution in [2.45, 2.75) is 236 Å². The molecule has 7 fully saturated rings. The van der Waals surface area contributed by atoms with Crippen molar-refractivity contribution in [3.63, 3.8) is 0 Å². The molecule has 0 bridgehead atoms. The van der Waals surface area contributed by atoms with Gasteiger partial charge in [0, 0.05) is 20.8 Å². The Morgan fingerprint density at radius 1 is 0.299 bits per heavy atom. The molecule has 0 aromatic heterocycles. The summed E-state index contributed by atoms with van der Waals surface area (Å²) in [4.78, 5) is 37.1. The number of ether oxygens (including phenoxy) is 13. The molecular weight excluding hydrogens is 1190 g/mol. The molecule has 35 atom stereocenters. The minimum Gasteiger partial charge on any atom is -0.394 e. The van der Waals surface area contributed by atoms with Crippen LogP contribution >= 0.6 is 0 Å². The number of hydrogen-bond donors (Lipinski definition) is 23. The highest BCUT2D eigenvalue weighted by Gasteiger charge is 2.59. The van der Waals surface area contributed by atoms with Crippen molar-refractivity contribution in [2.24, 2.45) is 0 Å². The van der Waals surface area contributed by atoms with Crippen molar-refractivity contribution < 1.29 is 178 Å². The zero-order valence-electron chi connectivity index (χ0n) is 46.6. The highest BCUT2D eigenvalue weighted by molar-refractivity contribution is 5.74. The molecule has 0 unspecified atom stereocenters. The van der Waals surface area contributed by atoms with Crippen LogP contribution in [0.4, 0.5) is 0 Å². The Kier molecular flexibility index (Phi) is 25.6. The van der Waals surface area contributed by atoms with Crippen molar-refractivity contribution in [2.75, 3.05) is 46.2 Å². The zero-order chi connectivity index (χ0) is 64.2. The van der Waals surface area contributed by atoms with E-state index in [1.54, 1.807) is 0 Å². The number of aliphatic hydroxyl groups is 20. The first-order valence-electron chi connectivity index (χ1n) is 27.6. The predicted octanol–water partition coefficient (Wildman–Crippen LogP) is -15.8. The van der Waals surface area contributed by atoms with Gasteiger partial charge in [0.05, 0.1) is 46.2 Å². The molecule has 0 saturated carbocycles. The van der Waals surface area contributed by atoms with Crippen molar-refractivity contribution in [3.8, 4) is 0 Å². The van der Waals surface area contributed by atoms with E-state index in [1.807, 2.05) is 0 Å². The second-order valence-corrected chi connectivity index (χ2v) is 21.8. The molecule has 23 N–H and O–H groups in total. The third-order valence-corrected chi connectivity index (χ3v) is 15.7. The van der Waals surface area contributed by atoms with Crippen LogP contribution < -0.4 is 16.0 Å². The van der Waals surface area contributed by atoms with Crippen LogP contribution in [0.2, 0.25) is 0 Å². The normalized spacial score (nSPS) is 48.9. The van der Waals surface area contributed by atoms with Gasteiger partial charge in [-0.2, -0.15) is 0 Å². The Morgan fingerprint density at radius 3 is 1.16 bits per heavy atom. The van der Waals surface area contributed by atoms with E-state index < -0.39 is 279 Å². The van der Waals surface area contributed by atoms with Crippen molar-refractivity contribution >= 4 is 17.7 Å². The first-order chi connectivity index (χ1) is 41.1. The molecule has 7 aliphatic heterocycles. The van der Waals surface area contributed by atoms with Gasteiger partial charge in [0.25, 0.3) is 0 Å². The first-order valence-corrected chi connectivity index (χ1v) is 27.6. The molecule has 3 amide bonds. The molecule has 0 aromatic rings. The average molecular weight is 1280 g/mol. The lowest BCUT2D eigenvalue weighted by Gasteiger charge is -2.51. The molecule has 87 heavy (non-hydrogen) atoms. The minimum absolute atomic E-state index is 0.747. The second-order valence-electron chi connectivity index (χ2n) is 21.8. The SMILES string of the molecule is CC(=O)N[C@@H]1[C@@H](O)[C@H](O[C@@H]2O[C@H](CO)[C@@H](O[C@@H]3O[C@H](CO[C@H]4O[C@H](CO)[C@@H](O)[C@H](O[C@H]5O[C@H](CO)[C@@H](O)[C@H](O)[C@@H]5O)[C@@H]4O)[C@@H](O)[C@H](O[C@H]4O[C@H](CO)[C@@H](O)[C@H](O)[C@@H]4O[C@@H]4O[C@H](CO)[C@@H](O)[C@H](O)[C@H]4NC(C)=O)[C@@H]3O)[C@H](O)[C@H]2NC(C)=O)[C@@H](CO)O[C@H]1O. The smallest absolute Gasteiger partial charge is 0.217 e. The number of carbonyl (C=O) groups is 3. The van der Waals surface area contributed by atoms with E-state index in [2.05, 4.69) is 16.0 Å². The number of rotatable bonds is 22. The molecule has 0 radical (unpaired) electrons. The summed E-state index contributed by atoms with van der Waals surface area (Å²) in [6, 6.07) is -5.13. The number of aliphatic hydroxyl groups excluding tert-OH is 20. The highest BCUT2D eigenvalue weighted by atomic mass is 16.8. The number of amides is 3. The summed E-state index contributed by atoms with van der Waals surface area (Å²) in [7, 11) is 0. The Labute approximate surface area is 492 Å². The van der Waals surface area contributed by atoms with Gasteiger partial charge in [-0.05, 0) is 0 Å². The monoisotopic (exact) mass is 1280 g/mol. The second kappa shape index (κ2) is 31.1. The maximum absolute atomic E-state index is 12.8. The maximum Gasteiger partial charge on any atom is 0.217 e. The average Bonchev–Trinajstić information content (AvgIpc) is 1.04. The predicted molar refractivity (Wildman–Crippen MR) is 267 cm³/mol. The van der Waals surface area contributed by atoms with Crippen molar-refractivity contribution in [3.05, 3.63) is 0 Å². The van der Waals surface area contributed by atoms with Gasteiger partial charge < -0.3 is 180 Å². The molecule has 7 aliphatic rings. The van der Waals surface area contributed by atoms with Gasteiger partial charge in [0.1, 0.15) is 171 Å². The van der Waals surface area contributed by atoms with Crippen LogP contribution in [0.15, 0.2) is 0 Å². The lowest BCUT2D eigenvalue weighted by Crippen LogP contribution is -2.70. The molecule has 0 spiro atoms. The zero-order valence-corrected chi connectivity index (χ0v) is 46.6. The van der Waals surface area contributed by atoms with Crippen LogP contribution in [0.5, 0.6) is 0 Å². The van der Waals surface area contributed by atoms with E-state index in [-0.39, 0.29) is 0 Å². The van der Waals surface area contributed by atoms with Gasteiger partial charge in [-0.15, -0.1) is 0 Å². The minimum atomic E-state index is -2.43. The Balaban J connectivity index is 1.21. The molecule has 7 rings (SSSR count). The summed E-state index contributed by atoms with van der Waals surface area (Å²) in [5.41, 5.74) is 0. The molecule has 0 aliphatic carbocycles. The van der Waals surface area contributed by atoms with E-state index in [0.717, 1.165) is 20.8 Å². The number of carbonyl (C=O) groups excluding carboxylic acids is 3. The van der Waals surface area contributed by atoms with Crippen LogP contribution in [-0.4, -0.2) is 381 Å². The van der Waals surface area contributed by atoms with E-state index in [9.17, 15) is 117 Å². The Morgan fingerprint density at radius 2 is 0.632 bits per heavy atom. The summed E-state index contributed by atoms with van der Waals surface area (Å²) in [5.74, 6) is -2.46. The molecule has 504 valence electrons. The third kappa shape index (κ3) is 15.8. The molecule has 0 aromatic carbocycles. The molecule has 7 saturated heterocycles. The van der Waals surface area contributed by atoms with Gasteiger partial charge in [-0.3, -0.25) is 14.4 Å². The quantitative estimate of drug-likeness (QED) is 0.0479. The first kappa shape index (κ1) is 71.5. The lowest BCUT2D eigenvalue weighted by molar-refractivity contribution is -0.395. The van der Waals surface area contributed by atoms with Gasteiger partial charge in [-0.25, -0.2) is 0 Å². The van der Waals surface area contributed by atoms with E-state index >= 15 is 0 Å².